The molecule has 0 unspecified atom stereocenters. The van der Waals surface area contributed by atoms with E-state index in [9.17, 15) is 9.59 Å². The van der Waals surface area contributed by atoms with E-state index in [2.05, 4.69) is 10.5 Å². The van der Waals surface area contributed by atoms with Crippen LogP contribution in [0.25, 0.3) is 0 Å². The van der Waals surface area contributed by atoms with Crippen LogP contribution in [0.1, 0.15) is 54.4 Å². The smallest absolute Gasteiger partial charge is 0.317 e. The van der Waals surface area contributed by atoms with Crippen LogP contribution < -0.4 is 5.32 Å². The number of nitrogens with zero attached hydrogens (tertiary/aromatic N) is 2. The molecule has 0 bridgehead atoms. The average Bonchev–Trinajstić information content (AvgIpc) is 2.92. The van der Waals surface area contributed by atoms with Gasteiger partial charge in [-0.3, -0.25) is 14.5 Å². The Bertz CT molecular complexity index is 592. The molecule has 23 heavy (non-hydrogen) atoms. The van der Waals surface area contributed by atoms with Gasteiger partial charge in [-0.25, -0.2) is 0 Å². The van der Waals surface area contributed by atoms with Crippen LogP contribution in [-0.4, -0.2) is 52.2 Å². The van der Waals surface area contributed by atoms with Crippen molar-refractivity contribution in [3.05, 3.63) is 17.0 Å². The van der Waals surface area contributed by atoms with Crippen molar-refractivity contribution in [2.45, 2.75) is 57.5 Å². The van der Waals surface area contributed by atoms with Gasteiger partial charge in [0.25, 0.3) is 5.91 Å². The minimum Gasteiger partial charge on any atom is -0.480 e. The molecule has 0 aliphatic heterocycles. The van der Waals surface area contributed by atoms with E-state index in [1.807, 2.05) is 11.8 Å². The molecular weight excluding hydrogens is 298 g/mol. The Labute approximate surface area is 135 Å². The first-order valence-corrected chi connectivity index (χ1v) is 8.32. The number of aromatic nitrogens is 1. The molecule has 7 nitrogen and oxygen atoms in total. The molecule has 0 atom stereocenters. The van der Waals surface area contributed by atoms with Gasteiger partial charge in [-0.15, -0.1) is 0 Å². The van der Waals surface area contributed by atoms with Crippen LogP contribution in [0, 0.1) is 0 Å². The van der Waals surface area contributed by atoms with Gasteiger partial charge in [0.2, 0.25) is 0 Å². The Morgan fingerprint density at radius 2 is 2.09 bits per heavy atom. The minimum atomic E-state index is -0.812. The molecule has 1 fully saturated rings. The first-order chi connectivity index (χ1) is 11.1. The van der Waals surface area contributed by atoms with E-state index in [1.165, 1.54) is 0 Å². The second-order valence-corrected chi connectivity index (χ2v) is 6.39. The Balaban J connectivity index is 1.53. The lowest BCUT2D eigenvalue weighted by atomic mass is 9.85. The number of rotatable bonds is 6. The van der Waals surface area contributed by atoms with E-state index in [0.717, 1.165) is 49.8 Å². The van der Waals surface area contributed by atoms with Crippen molar-refractivity contribution in [2.75, 3.05) is 13.1 Å². The Morgan fingerprint density at radius 3 is 2.78 bits per heavy atom. The predicted octanol–water partition coefficient (Wildman–Crippen LogP) is 1.22. The minimum absolute atomic E-state index is 0.0542. The fourth-order valence-corrected chi connectivity index (χ4v) is 3.49. The van der Waals surface area contributed by atoms with Gasteiger partial charge in [-0.1, -0.05) is 12.1 Å². The number of nitrogens with one attached hydrogen (secondary N) is 1. The molecule has 0 radical (unpaired) electrons. The molecule has 0 saturated heterocycles. The molecule has 1 amide bonds. The third-order valence-corrected chi connectivity index (χ3v) is 4.87. The first kappa shape index (κ1) is 16.0. The molecular formula is C16H23N3O4. The lowest BCUT2D eigenvalue weighted by molar-refractivity contribution is -0.139. The van der Waals surface area contributed by atoms with Gasteiger partial charge in [-0.05, 0) is 38.6 Å². The van der Waals surface area contributed by atoms with Crippen molar-refractivity contribution in [3.63, 3.8) is 0 Å². The van der Waals surface area contributed by atoms with Crippen molar-refractivity contribution in [3.8, 4) is 0 Å². The zero-order valence-electron chi connectivity index (χ0n) is 13.4. The van der Waals surface area contributed by atoms with Crippen LogP contribution in [-0.2, 0) is 17.6 Å². The predicted molar refractivity (Wildman–Crippen MR) is 82.3 cm³/mol. The maximum Gasteiger partial charge on any atom is 0.317 e. The van der Waals surface area contributed by atoms with Gasteiger partial charge in [-0.2, -0.15) is 0 Å². The highest BCUT2D eigenvalue weighted by molar-refractivity contribution is 5.94. The molecule has 2 aliphatic carbocycles. The van der Waals surface area contributed by atoms with Crippen molar-refractivity contribution in [2.24, 2.45) is 0 Å². The van der Waals surface area contributed by atoms with E-state index in [-0.39, 0.29) is 24.5 Å². The molecule has 0 aromatic carbocycles. The van der Waals surface area contributed by atoms with Gasteiger partial charge in [0.1, 0.15) is 5.76 Å². The molecule has 2 N–H and O–H groups in total. The average molecular weight is 321 g/mol. The van der Waals surface area contributed by atoms with E-state index in [0.29, 0.717) is 12.2 Å². The topological polar surface area (TPSA) is 95.7 Å². The third kappa shape index (κ3) is 3.39. The van der Waals surface area contributed by atoms with Gasteiger partial charge in [0, 0.05) is 24.1 Å². The zero-order valence-corrected chi connectivity index (χ0v) is 13.4. The lowest BCUT2D eigenvalue weighted by Crippen LogP contribution is -2.54. The molecule has 1 heterocycles. The Morgan fingerprint density at radius 1 is 1.35 bits per heavy atom. The van der Waals surface area contributed by atoms with Crippen molar-refractivity contribution >= 4 is 11.9 Å². The SMILES string of the molecule is CCN(CC(=O)O)C1CC(NC(=O)c2noc3c2CCCC3)C1. The number of fused-ring (bicyclic) bond motifs is 1. The number of amides is 1. The van der Waals surface area contributed by atoms with Crippen LogP contribution in [0.15, 0.2) is 4.52 Å². The molecule has 1 saturated carbocycles. The molecule has 2 aliphatic rings. The Kier molecular flexibility index (Phi) is 4.66. The number of aliphatic carboxylic acids is 1. The summed E-state index contributed by atoms with van der Waals surface area (Å²) in [5.41, 5.74) is 1.40. The van der Waals surface area contributed by atoms with Gasteiger partial charge < -0.3 is 14.9 Å². The largest absolute Gasteiger partial charge is 0.480 e. The van der Waals surface area contributed by atoms with E-state index < -0.39 is 5.97 Å². The van der Waals surface area contributed by atoms with Crippen LogP contribution in [0.5, 0.6) is 0 Å². The standard InChI is InChI=1S/C16H23N3O4/c1-2-19(9-14(20)21)11-7-10(8-11)17-16(22)15-12-5-3-4-6-13(12)23-18-15/h10-11H,2-9H2,1H3,(H,17,22)(H,20,21). The number of hydrogen-bond acceptors (Lipinski definition) is 5. The number of carboxylic acid groups (broad SMARTS) is 1. The van der Waals surface area contributed by atoms with E-state index in [4.69, 9.17) is 9.63 Å². The highest BCUT2D eigenvalue weighted by Gasteiger charge is 2.35. The van der Waals surface area contributed by atoms with Gasteiger partial charge in [0.05, 0.1) is 6.54 Å². The maximum absolute atomic E-state index is 12.4. The number of carbonyl (C=O) groups is 2. The number of carboxylic acids is 1. The summed E-state index contributed by atoms with van der Waals surface area (Å²) in [4.78, 5) is 25.1. The number of hydrogen-bond donors (Lipinski definition) is 2. The molecule has 1 aromatic heterocycles. The highest BCUT2D eigenvalue weighted by Crippen LogP contribution is 2.27. The second kappa shape index (κ2) is 6.70. The lowest BCUT2D eigenvalue weighted by Gasteiger charge is -2.42. The molecule has 7 heteroatoms. The van der Waals surface area contributed by atoms with E-state index >= 15 is 0 Å². The van der Waals surface area contributed by atoms with E-state index in [1.54, 1.807) is 0 Å². The molecule has 0 spiro atoms. The second-order valence-electron chi connectivity index (χ2n) is 6.39. The number of likely N-dealkylation sites (N-methyl/N-ethyl adjacent to an activating group) is 1. The van der Waals surface area contributed by atoms with Crippen LogP contribution in [0.3, 0.4) is 0 Å². The summed E-state index contributed by atoms with van der Waals surface area (Å²) in [5, 5.41) is 15.8. The van der Waals surface area contributed by atoms with Crippen LogP contribution in [0.4, 0.5) is 0 Å². The molecule has 126 valence electrons. The number of carbonyl (C=O) groups excluding carboxylic acids is 1. The normalized spacial score (nSPS) is 23.2. The fraction of sp³-hybridized carbons (Fsp3) is 0.688. The maximum atomic E-state index is 12.4. The van der Waals surface area contributed by atoms with Gasteiger partial charge in [0.15, 0.2) is 5.69 Å². The third-order valence-electron chi connectivity index (χ3n) is 4.87. The molecule has 1 aromatic rings. The quantitative estimate of drug-likeness (QED) is 0.818. The summed E-state index contributed by atoms with van der Waals surface area (Å²) in [6.07, 6.45) is 5.45. The summed E-state index contributed by atoms with van der Waals surface area (Å²) in [7, 11) is 0. The van der Waals surface area contributed by atoms with Crippen LogP contribution >= 0.6 is 0 Å². The Hall–Kier alpha value is -1.89. The first-order valence-electron chi connectivity index (χ1n) is 8.32. The molecule has 3 rings (SSSR count). The van der Waals surface area contributed by atoms with Crippen molar-refractivity contribution < 1.29 is 19.2 Å². The summed E-state index contributed by atoms with van der Waals surface area (Å²) in [6.45, 7) is 2.71. The number of aryl methyl sites for hydroxylation is 1. The summed E-state index contributed by atoms with van der Waals surface area (Å²) >= 11 is 0. The summed E-state index contributed by atoms with van der Waals surface area (Å²) in [5.74, 6) is -0.123. The fourth-order valence-electron chi connectivity index (χ4n) is 3.49. The summed E-state index contributed by atoms with van der Waals surface area (Å²) in [6, 6.07) is 0.318. The highest BCUT2D eigenvalue weighted by atomic mass is 16.5. The zero-order chi connectivity index (χ0) is 16.4. The van der Waals surface area contributed by atoms with Crippen molar-refractivity contribution in [1.29, 1.82) is 0 Å². The monoisotopic (exact) mass is 321 g/mol. The van der Waals surface area contributed by atoms with Gasteiger partial charge >= 0.3 is 5.97 Å². The summed E-state index contributed by atoms with van der Waals surface area (Å²) < 4.78 is 5.28. The van der Waals surface area contributed by atoms with Crippen molar-refractivity contribution in [1.82, 2.24) is 15.4 Å². The van der Waals surface area contributed by atoms with Crippen LogP contribution in [0.2, 0.25) is 0 Å².